The number of hydrogen-bond acceptors (Lipinski definition) is 5. The van der Waals surface area contributed by atoms with Gasteiger partial charge in [0.05, 0.1) is 11.1 Å². The summed E-state index contributed by atoms with van der Waals surface area (Å²) in [6.07, 6.45) is -1.43. The van der Waals surface area contributed by atoms with Crippen LogP contribution < -0.4 is 15.5 Å². The van der Waals surface area contributed by atoms with Gasteiger partial charge in [-0.15, -0.1) is 0 Å². The lowest BCUT2D eigenvalue weighted by Crippen LogP contribution is -2.36. The Labute approximate surface area is 196 Å². The van der Waals surface area contributed by atoms with Gasteiger partial charge in [0.2, 0.25) is 11.9 Å². The van der Waals surface area contributed by atoms with Crippen molar-refractivity contribution in [1.29, 1.82) is 0 Å². The van der Waals surface area contributed by atoms with Crippen molar-refractivity contribution in [2.45, 2.75) is 44.4 Å². The standard InChI is InChI=1S/C25H28F3N5O/c1-33(2)22-20-8-3-4-9-21(20)31-24(32-22)30-19-12-10-17(11-13-19)23(34)29-15-16-6-5-7-18(14-16)25(26,27)28/h3-9,14,17,19H,10-13,15H2,1-2H3,(H,29,34)(H,30,31,32)/t17-,19+. The number of rotatable bonds is 6. The Bertz CT molecular complexity index is 1160. The van der Waals surface area contributed by atoms with E-state index in [9.17, 15) is 18.0 Å². The molecule has 34 heavy (non-hydrogen) atoms. The van der Waals surface area contributed by atoms with Crippen molar-refractivity contribution in [2.75, 3.05) is 24.3 Å². The number of aromatic nitrogens is 2. The zero-order chi connectivity index (χ0) is 24.3. The van der Waals surface area contributed by atoms with E-state index < -0.39 is 11.7 Å². The van der Waals surface area contributed by atoms with Crippen LogP contribution >= 0.6 is 0 Å². The van der Waals surface area contributed by atoms with Gasteiger partial charge in [0.25, 0.3) is 0 Å². The predicted molar refractivity (Wildman–Crippen MR) is 127 cm³/mol. The number of amides is 1. The van der Waals surface area contributed by atoms with Crippen molar-refractivity contribution in [3.8, 4) is 0 Å². The van der Waals surface area contributed by atoms with E-state index in [-0.39, 0.29) is 24.4 Å². The van der Waals surface area contributed by atoms with Gasteiger partial charge in [0.1, 0.15) is 5.82 Å². The number of nitrogens with zero attached hydrogens (tertiary/aromatic N) is 3. The maximum absolute atomic E-state index is 12.9. The highest BCUT2D eigenvalue weighted by Crippen LogP contribution is 2.30. The van der Waals surface area contributed by atoms with Gasteiger partial charge in [-0.3, -0.25) is 4.79 Å². The molecule has 1 saturated carbocycles. The fourth-order valence-electron chi connectivity index (χ4n) is 4.34. The lowest BCUT2D eigenvalue weighted by Gasteiger charge is -2.28. The molecule has 180 valence electrons. The minimum atomic E-state index is -4.40. The van der Waals surface area contributed by atoms with Crippen LogP contribution in [0.4, 0.5) is 24.9 Å². The molecule has 2 N–H and O–H groups in total. The number of carbonyl (C=O) groups excluding carboxylic acids is 1. The summed E-state index contributed by atoms with van der Waals surface area (Å²) in [5, 5.41) is 7.20. The van der Waals surface area contributed by atoms with Crippen molar-refractivity contribution in [3.63, 3.8) is 0 Å². The van der Waals surface area contributed by atoms with Crippen LogP contribution in [0.5, 0.6) is 0 Å². The molecule has 0 radical (unpaired) electrons. The molecule has 3 aromatic rings. The number of carbonyl (C=O) groups is 1. The smallest absolute Gasteiger partial charge is 0.362 e. The molecule has 9 heteroatoms. The quantitative estimate of drug-likeness (QED) is 0.529. The minimum Gasteiger partial charge on any atom is -0.362 e. The van der Waals surface area contributed by atoms with Gasteiger partial charge in [0.15, 0.2) is 0 Å². The summed E-state index contributed by atoms with van der Waals surface area (Å²) >= 11 is 0. The molecule has 1 amide bonds. The summed E-state index contributed by atoms with van der Waals surface area (Å²) in [5.41, 5.74) is 0.592. The minimum absolute atomic E-state index is 0.0825. The van der Waals surface area contributed by atoms with E-state index in [0.717, 1.165) is 41.7 Å². The van der Waals surface area contributed by atoms with Crippen LogP contribution in [0.3, 0.4) is 0 Å². The van der Waals surface area contributed by atoms with Crippen molar-refractivity contribution in [2.24, 2.45) is 5.92 Å². The first kappa shape index (κ1) is 23.8. The molecule has 0 bridgehead atoms. The monoisotopic (exact) mass is 471 g/mol. The zero-order valence-corrected chi connectivity index (χ0v) is 19.2. The molecule has 0 unspecified atom stereocenters. The molecular formula is C25H28F3N5O. The lowest BCUT2D eigenvalue weighted by molar-refractivity contribution is -0.137. The Morgan fingerprint density at radius 3 is 2.47 bits per heavy atom. The zero-order valence-electron chi connectivity index (χ0n) is 19.2. The Kier molecular flexibility index (Phi) is 6.90. The Morgan fingerprint density at radius 1 is 1.03 bits per heavy atom. The van der Waals surface area contributed by atoms with Gasteiger partial charge in [-0.1, -0.05) is 24.3 Å². The fourth-order valence-corrected chi connectivity index (χ4v) is 4.34. The van der Waals surface area contributed by atoms with E-state index in [4.69, 9.17) is 0 Å². The van der Waals surface area contributed by atoms with Crippen LogP contribution in [0, 0.1) is 5.92 Å². The fraction of sp³-hybridized carbons (Fsp3) is 0.400. The van der Waals surface area contributed by atoms with Crippen LogP contribution in [-0.2, 0) is 17.5 Å². The summed E-state index contributed by atoms with van der Waals surface area (Å²) in [6.45, 7) is 0.0825. The number of anilines is 2. The third-order valence-corrected chi connectivity index (χ3v) is 6.16. The van der Waals surface area contributed by atoms with Crippen LogP contribution in [0.15, 0.2) is 48.5 Å². The average Bonchev–Trinajstić information content (AvgIpc) is 2.82. The van der Waals surface area contributed by atoms with Crippen LogP contribution in [0.25, 0.3) is 10.9 Å². The van der Waals surface area contributed by atoms with Crippen molar-refractivity contribution in [1.82, 2.24) is 15.3 Å². The largest absolute Gasteiger partial charge is 0.416 e. The average molecular weight is 472 g/mol. The molecule has 0 atom stereocenters. The van der Waals surface area contributed by atoms with Crippen molar-refractivity contribution in [3.05, 3.63) is 59.7 Å². The van der Waals surface area contributed by atoms with Gasteiger partial charge in [-0.2, -0.15) is 18.2 Å². The normalized spacial score (nSPS) is 18.5. The van der Waals surface area contributed by atoms with E-state index in [1.54, 1.807) is 6.07 Å². The topological polar surface area (TPSA) is 70.2 Å². The van der Waals surface area contributed by atoms with Crippen molar-refractivity contribution < 1.29 is 18.0 Å². The molecule has 1 heterocycles. The highest BCUT2D eigenvalue weighted by molar-refractivity contribution is 5.90. The van der Waals surface area contributed by atoms with Crippen LogP contribution in [0.1, 0.15) is 36.8 Å². The summed E-state index contributed by atoms with van der Waals surface area (Å²) in [4.78, 5) is 23.9. The summed E-state index contributed by atoms with van der Waals surface area (Å²) in [5.74, 6) is 1.14. The van der Waals surface area contributed by atoms with Crippen LogP contribution in [-0.4, -0.2) is 36.0 Å². The molecule has 2 aromatic carbocycles. The Hall–Kier alpha value is -3.36. The number of benzene rings is 2. The first-order valence-electron chi connectivity index (χ1n) is 11.3. The van der Waals surface area contributed by atoms with Gasteiger partial charge >= 0.3 is 6.18 Å². The molecule has 6 nitrogen and oxygen atoms in total. The SMILES string of the molecule is CN(C)c1nc(N[C@H]2CC[C@@H](C(=O)NCc3cccc(C(F)(F)F)c3)CC2)nc2ccccc12. The Balaban J connectivity index is 1.32. The van der Waals surface area contributed by atoms with E-state index in [2.05, 4.69) is 20.6 Å². The maximum atomic E-state index is 12.9. The van der Waals surface area contributed by atoms with Gasteiger partial charge < -0.3 is 15.5 Å². The van der Waals surface area contributed by atoms with E-state index in [1.807, 2.05) is 43.3 Å². The molecule has 0 saturated heterocycles. The molecule has 1 aromatic heterocycles. The second kappa shape index (κ2) is 9.87. The van der Waals surface area contributed by atoms with E-state index in [0.29, 0.717) is 24.4 Å². The van der Waals surface area contributed by atoms with Gasteiger partial charge in [-0.25, -0.2) is 4.98 Å². The Morgan fingerprint density at radius 2 is 1.76 bits per heavy atom. The molecule has 1 aliphatic rings. The third-order valence-electron chi connectivity index (χ3n) is 6.16. The summed E-state index contributed by atoms with van der Waals surface area (Å²) < 4.78 is 38.7. The van der Waals surface area contributed by atoms with Crippen LogP contribution in [0.2, 0.25) is 0 Å². The van der Waals surface area contributed by atoms with Gasteiger partial charge in [0, 0.05) is 38.0 Å². The number of alkyl halides is 3. The summed E-state index contributed by atoms with van der Waals surface area (Å²) in [6, 6.07) is 13.1. The number of nitrogens with one attached hydrogen (secondary N) is 2. The molecule has 0 spiro atoms. The number of para-hydroxylation sites is 1. The van der Waals surface area contributed by atoms with Gasteiger partial charge in [-0.05, 0) is 55.5 Å². The first-order chi connectivity index (χ1) is 16.2. The maximum Gasteiger partial charge on any atom is 0.416 e. The second-order valence-corrected chi connectivity index (χ2v) is 8.89. The number of halogens is 3. The second-order valence-electron chi connectivity index (χ2n) is 8.89. The predicted octanol–water partition coefficient (Wildman–Crippen LogP) is 5.00. The molecule has 0 aliphatic heterocycles. The van der Waals surface area contributed by atoms with E-state index >= 15 is 0 Å². The first-order valence-corrected chi connectivity index (χ1v) is 11.3. The number of hydrogen-bond donors (Lipinski definition) is 2. The van der Waals surface area contributed by atoms with E-state index in [1.165, 1.54) is 6.07 Å². The molecule has 4 rings (SSSR count). The van der Waals surface area contributed by atoms with Crippen molar-refractivity contribution >= 4 is 28.6 Å². The highest BCUT2D eigenvalue weighted by Gasteiger charge is 2.30. The molecular weight excluding hydrogens is 443 g/mol. The lowest BCUT2D eigenvalue weighted by atomic mass is 9.85. The highest BCUT2D eigenvalue weighted by atomic mass is 19.4. The summed E-state index contributed by atoms with van der Waals surface area (Å²) in [7, 11) is 3.89. The third kappa shape index (κ3) is 5.58. The molecule has 1 fully saturated rings. The molecule has 1 aliphatic carbocycles. The number of fused-ring (bicyclic) bond motifs is 1.